The first-order valence-corrected chi connectivity index (χ1v) is 9.09. The zero-order valence-corrected chi connectivity index (χ0v) is 14.2. The molecule has 2 aromatic carbocycles. The van der Waals surface area contributed by atoms with Gasteiger partial charge in [0.1, 0.15) is 30.2 Å². The molecular formula is C16H18O9S. The van der Waals surface area contributed by atoms with Gasteiger partial charge in [-0.15, -0.1) is 0 Å². The van der Waals surface area contributed by atoms with E-state index in [4.69, 9.17) is 14.0 Å². The summed E-state index contributed by atoms with van der Waals surface area (Å²) in [5.74, 6) is 0.366. The molecule has 1 heterocycles. The minimum absolute atomic E-state index is 0.366. The highest BCUT2D eigenvalue weighted by Crippen LogP contribution is 2.30. The molecule has 3 rings (SSSR count). The third kappa shape index (κ3) is 4.13. The van der Waals surface area contributed by atoms with E-state index in [0.717, 1.165) is 10.8 Å². The molecule has 10 heteroatoms. The van der Waals surface area contributed by atoms with Gasteiger partial charge in [0, 0.05) is 5.39 Å². The number of hydrogen-bond acceptors (Lipinski definition) is 8. The van der Waals surface area contributed by atoms with E-state index in [1.165, 1.54) is 0 Å². The summed E-state index contributed by atoms with van der Waals surface area (Å²) in [7, 11) is -4.76. The van der Waals surface area contributed by atoms with Crippen LogP contribution in [0.15, 0.2) is 42.5 Å². The monoisotopic (exact) mass is 386 g/mol. The molecule has 0 radical (unpaired) electrons. The number of rotatable bonds is 5. The number of hydrogen-bond donors (Lipinski definition) is 4. The van der Waals surface area contributed by atoms with Gasteiger partial charge in [-0.2, -0.15) is 8.42 Å². The molecule has 0 saturated carbocycles. The average molecular weight is 386 g/mol. The Morgan fingerprint density at radius 3 is 2.38 bits per heavy atom. The molecule has 1 aliphatic rings. The molecule has 26 heavy (non-hydrogen) atoms. The van der Waals surface area contributed by atoms with Crippen molar-refractivity contribution in [2.75, 3.05) is 6.61 Å². The van der Waals surface area contributed by atoms with Crippen LogP contribution in [0.4, 0.5) is 0 Å². The van der Waals surface area contributed by atoms with Gasteiger partial charge in [0.25, 0.3) is 0 Å². The average Bonchev–Trinajstić information content (AvgIpc) is 2.60. The summed E-state index contributed by atoms with van der Waals surface area (Å²) < 4.78 is 45.2. The topological polar surface area (TPSA) is 143 Å². The number of ether oxygens (including phenoxy) is 2. The van der Waals surface area contributed by atoms with Crippen LogP contribution >= 0.6 is 0 Å². The molecule has 0 unspecified atom stereocenters. The summed E-state index contributed by atoms with van der Waals surface area (Å²) in [4.78, 5) is 0. The molecule has 0 bridgehead atoms. The third-order valence-electron chi connectivity index (χ3n) is 4.04. The summed E-state index contributed by atoms with van der Waals surface area (Å²) in [6.07, 6.45) is -7.65. The predicted octanol–water partition coefficient (Wildman–Crippen LogP) is -0.154. The lowest BCUT2D eigenvalue weighted by Gasteiger charge is -2.39. The van der Waals surface area contributed by atoms with Crippen LogP contribution in [0.25, 0.3) is 10.8 Å². The van der Waals surface area contributed by atoms with Crippen molar-refractivity contribution in [2.45, 2.75) is 30.7 Å². The van der Waals surface area contributed by atoms with Gasteiger partial charge >= 0.3 is 10.4 Å². The van der Waals surface area contributed by atoms with Crippen molar-refractivity contribution in [1.29, 1.82) is 0 Å². The maximum Gasteiger partial charge on any atom is 0.397 e. The van der Waals surface area contributed by atoms with Gasteiger partial charge in [0.2, 0.25) is 6.29 Å². The number of aliphatic hydroxyl groups excluding tert-OH is 3. The van der Waals surface area contributed by atoms with Crippen molar-refractivity contribution < 1.29 is 41.9 Å². The van der Waals surface area contributed by atoms with Crippen molar-refractivity contribution in [2.24, 2.45) is 0 Å². The van der Waals surface area contributed by atoms with Gasteiger partial charge in [-0.3, -0.25) is 4.55 Å². The first-order valence-electron chi connectivity index (χ1n) is 7.72. The molecule has 9 nitrogen and oxygen atoms in total. The zero-order valence-electron chi connectivity index (χ0n) is 13.4. The number of aliphatic hydroxyl groups is 3. The van der Waals surface area contributed by atoms with Gasteiger partial charge in [-0.1, -0.05) is 36.4 Å². The second-order valence-electron chi connectivity index (χ2n) is 5.82. The first-order chi connectivity index (χ1) is 12.3. The molecular weight excluding hydrogens is 368 g/mol. The summed E-state index contributed by atoms with van der Waals surface area (Å²) in [5.41, 5.74) is 0. The Morgan fingerprint density at radius 1 is 0.962 bits per heavy atom. The second kappa shape index (κ2) is 7.45. The maximum atomic E-state index is 10.7. The van der Waals surface area contributed by atoms with Crippen molar-refractivity contribution in [1.82, 2.24) is 0 Å². The standard InChI is InChI=1S/C16H18O9S/c17-13-12(8-23-26(20,21)22)25-16(15(19)14(13)18)24-11-7-3-5-9-4-1-2-6-10(9)11/h1-7,12-19H,8H2,(H,20,21,22)/t12-,13-,14+,15-,16-/m1/s1. The van der Waals surface area contributed by atoms with Gasteiger partial charge in [-0.25, -0.2) is 4.18 Å². The fraction of sp³-hybridized carbons (Fsp3) is 0.375. The Kier molecular flexibility index (Phi) is 5.44. The molecule has 142 valence electrons. The summed E-state index contributed by atoms with van der Waals surface area (Å²) in [5, 5.41) is 31.6. The lowest BCUT2D eigenvalue weighted by atomic mass is 9.99. The first kappa shape index (κ1) is 19.0. The molecule has 1 aliphatic heterocycles. The van der Waals surface area contributed by atoms with Crippen LogP contribution in [-0.4, -0.2) is 65.6 Å². The smallest absolute Gasteiger partial charge is 0.397 e. The predicted molar refractivity (Wildman–Crippen MR) is 88.8 cm³/mol. The van der Waals surface area contributed by atoms with E-state index in [0.29, 0.717) is 5.75 Å². The Bertz CT molecular complexity index is 864. The zero-order chi connectivity index (χ0) is 18.9. The number of fused-ring (bicyclic) bond motifs is 1. The normalized spacial score (nSPS) is 29.6. The van der Waals surface area contributed by atoms with E-state index < -0.39 is 47.7 Å². The minimum Gasteiger partial charge on any atom is -0.461 e. The van der Waals surface area contributed by atoms with Crippen LogP contribution in [0, 0.1) is 0 Å². The largest absolute Gasteiger partial charge is 0.461 e. The SMILES string of the molecule is O=S(=O)(O)OC[C@H]1O[C@@H](Oc2cccc3ccccc23)[C@H](O)[C@@H](O)[C@@H]1O. The van der Waals surface area contributed by atoms with Gasteiger partial charge in [0.15, 0.2) is 0 Å². The van der Waals surface area contributed by atoms with Crippen molar-refractivity contribution in [3.8, 4) is 5.75 Å². The Hall–Kier alpha value is -1.79. The Labute approximate surface area is 149 Å². The summed E-state index contributed by atoms with van der Waals surface area (Å²) in [6.45, 7) is -0.765. The van der Waals surface area contributed by atoms with Gasteiger partial charge in [0.05, 0.1) is 6.61 Å². The van der Waals surface area contributed by atoms with Gasteiger partial charge < -0.3 is 24.8 Å². The van der Waals surface area contributed by atoms with Crippen LogP contribution in [0.2, 0.25) is 0 Å². The lowest BCUT2D eigenvalue weighted by Crippen LogP contribution is -2.60. The number of benzene rings is 2. The highest BCUT2D eigenvalue weighted by atomic mass is 32.3. The molecule has 1 fully saturated rings. The van der Waals surface area contributed by atoms with E-state index in [1.807, 2.05) is 18.2 Å². The Morgan fingerprint density at radius 2 is 1.65 bits per heavy atom. The molecule has 0 amide bonds. The summed E-state index contributed by atoms with van der Waals surface area (Å²) >= 11 is 0. The van der Waals surface area contributed by atoms with Crippen LogP contribution < -0.4 is 4.74 Å². The highest BCUT2D eigenvalue weighted by Gasteiger charge is 2.45. The van der Waals surface area contributed by atoms with Crippen molar-refractivity contribution in [3.05, 3.63) is 42.5 Å². The van der Waals surface area contributed by atoms with Crippen LogP contribution in [0.5, 0.6) is 5.75 Å². The fourth-order valence-electron chi connectivity index (χ4n) is 2.73. The molecule has 5 atom stereocenters. The van der Waals surface area contributed by atoms with Gasteiger partial charge in [-0.05, 0) is 11.5 Å². The molecule has 0 spiro atoms. The van der Waals surface area contributed by atoms with Crippen molar-refractivity contribution in [3.63, 3.8) is 0 Å². The lowest BCUT2D eigenvalue weighted by molar-refractivity contribution is -0.276. The fourth-order valence-corrected chi connectivity index (χ4v) is 3.03. The van der Waals surface area contributed by atoms with Crippen LogP contribution in [-0.2, 0) is 19.3 Å². The van der Waals surface area contributed by atoms with E-state index in [1.54, 1.807) is 24.3 Å². The van der Waals surface area contributed by atoms with Crippen LogP contribution in [0.3, 0.4) is 0 Å². The molecule has 1 saturated heterocycles. The van der Waals surface area contributed by atoms with E-state index in [9.17, 15) is 23.7 Å². The maximum absolute atomic E-state index is 10.7. The quantitative estimate of drug-likeness (QED) is 0.516. The molecule has 0 aromatic heterocycles. The molecule has 0 aliphatic carbocycles. The van der Waals surface area contributed by atoms with Crippen molar-refractivity contribution >= 4 is 21.2 Å². The second-order valence-corrected chi connectivity index (χ2v) is 6.91. The van der Waals surface area contributed by atoms with E-state index >= 15 is 0 Å². The minimum atomic E-state index is -4.76. The molecule has 4 N–H and O–H groups in total. The van der Waals surface area contributed by atoms with E-state index in [-0.39, 0.29) is 0 Å². The highest BCUT2D eigenvalue weighted by molar-refractivity contribution is 7.80. The molecule has 2 aromatic rings. The van der Waals surface area contributed by atoms with Crippen LogP contribution in [0.1, 0.15) is 0 Å². The van der Waals surface area contributed by atoms with E-state index in [2.05, 4.69) is 4.18 Å². The Balaban J connectivity index is 1.81. The third-order valence-corrected chi connectivity index (χ3v) is 4.48. The summed E-state index contributed by atoms with van der Waals surface area (Å²) in [6, 6.07) is 12.5.